The fourth-order valence-corrected chi connectivity index (χ4v) is 2.91. The zero-order chi connectivity index (χ0) is 15.5. The van der Waals surface area contributed by atoms with Crippen LogP contribution in [0.2, 0.25) is 13.1 Å². The minimum atomic E-state index is 0. The average Bonchev–Trinajstić information content (AvgIpc) is 3.14. The molecule has 4 heteroatoms. The van der Waals surface area contributed by atoms with Gasteiger partial charge in [-0.05, 0) is 6.42 Å². The number of benzene rings is 2. The van der Waals surface area contributed by atoms with Gasteiger partial charge in [0.05, 0.1) is 0 Å². The van der Waals surface area contributed by atoms with Crippen LogP contribution < -0.4 is 24.8 Å². The smallest absolute Gasteiger partial charge is 1.00 e. The van der Waals surface area contributed by atoms with Crippen LogP contribution in [0.5, 0.6) is 0 Å². The normalized spacial score (nSPS) is 12.1. The van der Waals surface area contributed by atoms with Gasteiger partial charge in [-0.1, -0.05) is 65.8 Å². The summed E-state index contributed by atoms with van der Waals surface area (Å²) in [6.45, 7) is 4.62. The first-order chi connectivity index (χ1) is 10.7. The van der Waals surface area contributed by atoms with Crippen molar-refractivity contribution in [3.8, 4) is 0 Å². The van der Waals surface area contributed by atoms with Gasteiger partial charge in [-0.3, -0.25) is 0 Å². The first-order valence-electron chi connectivity index (χ1n) is 7.62. The molecule has 122 valence electrons. The number of allylic oxidation sites excluding steroid dienone is 4. The standard InChI is InChI=1S/C18H13.C2H6Si.2ClH.Zr/c1-2-7-13(6-1)15-10-5-11-17-16-9-4-3-8-14(16)12-18(15)17;1-3-2;;;/h1-6,8-12H,7H2;1-2H3;2*1H;/q-1;;;;+2/p-2. The molecule has 0 spiro atoms. The zero-order valence-electron chi connectivity index (χ0n) is 13.8. The summed E-state index contributed by atoms with van der Waals surface area (Å²) in [5.74, 6) is 0. The van der Waals surface area contributed by atoms with E-state index in [1.165, 1.54) is 32.7 Å². The van der Waals surface area contributed by atoms with Gasteiger partial charge in [-0.2, -0.15) is 0 Å². The first kappa shape index (κ1) is 21.5. The number of fused-ring (bicyclic) bond motifs is 3. The van der Waals surface area contributed by atoms with Gasteiger partial charge in [-0.25, -0.2) is 0 Å². The molecule has 0 N–H and O–H groups in total. The first-order valence-corrected chi connectivity index (χ1v) is 13.8. The molecule has 0 aromatic heterocycles. The second-order valence-electron chi connectivity index (χ2n) is 5.82. The number of hydrogen-bond acceptors (Lipinski definition) is 0. The van der Waals surface area contributed by atoms with Crippen LogP contribution >= 0.6 is 0 Å². The van der Waals surface area contributed by atoms with Gasteiger partial charge in [0.1, 0.15) is 0 Å². The predicted molar refractivity (Wildman–Crippen MR) is 96.3 cm³/mol. The van der Waals surface area contributed by atoms with E-state index in [1.54, 1.807) is 23.3 Å². The predicted octanol–water partition coefficient (Wildman–Crippen LogP) is -0.152. The fourth-order valence-electron chi connectivity index (χ4n) is 2.91. The minimum Gasteiger partial charge on any atom is -1.00 e. The van der Waals surface area contributed by atoms with Crippen LogP contribution in [0.3, 0.4) is 0 Å². The Morgan fingerprint density at radius 2 is 1.62 bits per heavy atom. The molecule has 1 aliphatic rings. The van der Waals surface area contributed by atoms with Crippen LogP contribution in [-0.4, -0.2) is 5.43 Å². The maximum atomic E-state index is 2.32. The van der Waals surface area contributed by atoms with Crippen molar-refractivity contribution < 1.29 is 48.1 Å². The second-order valence-corrected chi connectivity index (χ2v) is 15.2. The summed E-state index contributed by atoms with van der Waals surface area (Å²) in [4.78, 5) is 0. The van der Waals surface area contributed by atoms with E-state index in [1.807, 2.05) is 0 Å². The van der Waals surface area contributed by atoms with Gasteiger partial charge in [0.2, 0.25) is 0 Å². The van der Waals surface area contributed by atoms with Crippen molar-refractivity contribution in [1.29, 1.82) is 0 Å². The molecule has 0 bridgehead atoms. The van der Waals surface area contributed by atoms with Gasteiger partial charge in [-0.15, -0.1) is 33.7 Å². The summed E-state index contributed by atoms with van der Waals surface area (Å²) in [6.07, 6.45) is 7.65. The molecular weight excluding hydrogens is 430 g/mol. The summed E-state index contributed by atoms with van der Waals surface area (Å²) >= 11 is 1.74. The Labute approximate surface area is 171 Å². The van der Waals surface area contributed by atoms with E-state index in [0.717, 1.165) is 6.42 Å². The summed E-state index contributed by atoms with van der Waals surface area (Å²) < 4.78 is 0. The van der Waals surface area contributed by atoms with E-state index >= 15 is 0 Å². The SMILES string of the molecule is C1=CCC(c2cccc3c2[cH-]c2ccccc23)=C1.C[Si](C)=[Zr+2].[Cl-].[Cl-]. The molecule has 4 rings (SSSR count). The summed E-state index contributed by atoms with van der Waals surface area (Å²) in [6, 6.07) is 17.6. The Balaban J connectivity index is 0.000000438. The Morgan fingerprint density at radius 1 is 0.958 bits per heavy atom. The summed E-state index contributed by atoms with van der Waals surface area (Å²) in [5.41, 5.74) is 3.02. The van der Waals surface area contributed by atoms with E-state index < -0.39 is 0 Å². The van der Waals surface area contributed by atoms with Gasteiger partial charge >= 0.3 is 41.9 Å². The molecular formula is C20H19Cl2SiZr-. The van der Waals surface area contributed by atoms with Crippen LogP contribution in [0.25, 0.3) is 27.1 Å². The van der Waals surface area contributed by atoms with Crippen molar-refractivity contribution in [2.45, 2.75) is 19.5 Å². The van der Waals surface area contributed by atoms with E-state index in [2.05, 4.69) is 79.9 Å². The molecule has 0 nitrogen and oxygen atoms in total. The minimum absolute atomic E-state index is 0. The molecule has 0 aliphatic heterocycles. The molecule has 0 heterocycles. The Bertz CT molecular complexity index is 902. The molecule has 3 aromatic carbocycles. The molecule has 0 unspecified atom stereocenters. The quantitative estimate of drug-likeness (QED) is 0.358. The van der Waals surface area contributed by atoms with E-state index in [9.17, 15) is 0 Å². The number of halogens is 2. The van der Waals surface area contributed by atoms with Crippen molar-refractivity contribution in [2.75, 3.05) is 0 Å². The van der Waals surface area contributed by atoms with Gasteiger partial charge in [0, 0.05) is 0 Å². The van der Waals surface area contributed by atoms with Crippen LogP contribution in [0, 0.1) is 0 Å². The van der Waals surface area contributed by atoms with Crippen molar-refractivity contribution in [3.05, 3.63) is 72.3 Å². The van der Waals surface area contributed by atoms with Crippen molar-refractivity contribution in [1.82, 2.24) is 0 Å². The average molecular weight is 450 g/mol. The summed E-state index contributed by atoms with van der Waals surface area (Å²) in [5, 5.41) is 5.46. The zero-order valence-corrected chi connectivity index (χ0v) is 18.8. The van der Waals surface area contributed by atoms with Crippen molar-refractivity contribution >= 4 is 32.6 Å². The third kappa shape index (κ3) is 4.76. The third-order valence-corrected chi connectivity index (χ3v) is 3.77. The Hall–Kier alpha value is -0.530. The molecule has 0 atom stereocenters. The van der Waals surface area contributed by atoms with E-state index in [0.29, 0.717) is 0 Å². The third-order valence-electron chi connectivity index (χ3n) is 3.77. The van der Waals surface area contributed by atoms with Crippen molar-refractivity contribution in [2.24, 2.45) is 0 Å². The Kier molecular flexibility index (Phi) is 8.81. The number of hydrogen-bond donors (Lipinski definition) is 0. The molecule has 0 saturated carbocycles. The van der Waals surface area contributed by atoms with E-state index in [4.69, 9.17) is 0 Å². The number of rotatable bonds is 1. The molecule has 0 radical (unpaired) electrons. The monoisotopic (exact) mass is 447 g/mol. The van der Waals surface area contributed by atoms with Crippen molar-refractivity contribution in [3.63, 3.8) is 0 Å². The van der Waals surface area contributed by atoms with Crippen LogP contribution in [-0.2, 0) is 23.3 Å². The molecule has 0 saturated heterocycles. The second kappa shape index (κ2) is 9.82. The van der Waals surface area contributed by atoms with Gasteiger partial charge in [0.15, 0.2) is 0 Å². The molecule has 3 aromatic rings. The fraction of sp³-hybridized carbons (Fsp3) is 0.150. The van der Waals surface area contributed by atoms with Crippen LogP contribution in [0.1, 0.15) is 12.0 Å². The largest absolute Gasteiger partial charge is 1.00 e. The van der Waals surface area contributed by atoms with Crippen LogP contribution in [0.15, 0.2) is 66.8 Å². The maximum absolute atomic E-state index is 2.32. The van der Waals surface area contributed by atoms with Crippen LogP contribution in [0.4, 0.5) is 0 Å². The molecule has 0 amide bonds. The Morgan fingerprint density at radius 3 is 2.29 bits per heavy atom. The van der Waals surface area contributed by atoms with Gasteiger partial charge in [0.25, 0.3) is 0 Å². The van der Waals surface area contributed by atoms with Gasteiger partial charge < -0.3 is 24.8 Å². The molecule has 24 heavy (non-hydrogen) atoms. The molecule has 1 aliphatic carbocycles. The van der Waals surface area contributed by atoms with E-state index in [-0.39, 0.29) is 30.2 Å². The summed E-state index contributed by atoms with van der Waals surface area (Å²) in [7, 11) is 0. The topological polar surface area (TPSA) is 0 Å². The maximum Gasteiger partial charge on any atom is -1.00 e. The molecule has 0 fully saturated rings.